The molecule has 0 aromatic heterocycles. The molecule has 0 aliphatic heterocycles. The van der Waals surface area contributed by atoms with E-state index in [1.165, 1.54) is 6.42 Å². The Morgan fingerprint density at radius 1 is 1.11 bits per heavy atom. The molecule has 0 aromatic rings. The molecule has 0 N–H and O–H groups in total. The van der Waals surface area contributed by atoms with Crippen molar-refractivity contribution >= 4 is 0 Å². The fourth-order valence-corrected chi connectivity index (χ4v) is 3.12. The van der Waals surface area contributed by atoms with Crippen LogP contribution in [0.1, 0.15) is 19.3 Å². The average molecular weight is 120 g/mol. The summed E-state index contributed by atoms with van der Waals surface area (Å²) in [6, 6.07) is 0. The highest BCUT2D eigenvalue weighted by Crippen LogP contribution is 2.60. The molecule has 4 aliphatic rings. The van der Waals surface area contributed by atoms with Crippen molar-refractivity contribution in [3.8, 4) is 0 Å². The van der Waals surface area contributed by atoms with Crippen LogP contribution in [-0.4, -0.2) is 0 Å². The molecule has 4 rings (SSSR count). The van der Waals surface area contributed by atoms with Gasteiger partial charge in [0, 0.05) is 0 Å². The quantitative estimate of drug-likeness (QED) is 0.430. The molecular formula is C9H12. The van der Waals surface area contributed by atoms with E-state index in [-0.39, 0.29) is 0 Å². The molecule has 48 valence electrons. The molecule has 4 aliphatic carbocycles. The Bertz CT molecular complexity index is 169. The summed E-state index contributed by atoms with van der Waals surface area (Å²) < 4.78 is 0. The molecule has 0 spiro atoms. The van der Waals surface area contributed by atoms with Crippen molar-refractivity contribution in [3.05, 3.63) is 12.2 Å². The van der Waals surface area contributed by atoms with Crippen molar-refractivity contribution in [1.82, 2.24) is 0 Å². The first kappa shape index (κ1) is 4.54. The maximum Gasteiger partial charge on any atom is -0.0174 e. The SMILES string of the molecule is C1=CC2C3CC(C1)C2C3. The first-order valence-electron chi connectivity index (χ1n) is 4.12. The molecule has 0 aromatic carbocycles. The first-order valence-corrected chi connectivity index (χ1v) is 4.12. The summed E-state index contributed by atoms with van der Waals surface area (Å²) in [7, 11) is 0. The van der Waals surface area contributed by atoms with Crippen molar-refractivity contribution < 1.29 is 0 Å². The Hall–Kier alpha value is -0.260. The molecule has 0 heterocycles. The third-order valence-electron chi connectivity index (χ3n) is 3.62. The van der Waals surface area contributed by atoms with Gasteiger partial charge >= 0.3 is 0 Å². The monoisotopic (exact) mass is 120 g/mol. The van der Waals surface area contributed by atoms with Crippen LogP contribution in [-0.2, 0) is 0 Å². The molecular weight excluding hydrogens is 108 g/mol. The van der Waals surface area contributed by atoms with Gasteiger partial charge < -0.3 is 0 Å². The van der Waals surface area contributed by atoms with Crippen LogP contribution < -0.4 is 0 Å². The van der Waals surface area contributed by atoms with E-state index in [2.05, 4.69) is 12.2 Å². The summed E-state index contributed by atoms with van der Waals surface area (Å²) in [5, 5.41) is 0. The van der Waals surface area contributed by atoms with E-state index < -0.39 is 0 Å². The van der Waals surface area contributed by atoms with E-state index in [4.69, 9.17) is 0 Å². The minimum Gasteiger partial charge on any atom is -0.0880 e. The lowest BCUT2D eigenvalue weighted by Gasteiger charge is -2.36. The largest absolute Gasteiger partial charge is 0.0880 e. The Morgan fingerprint density at radius 3 is 2.89 bits per heavy atom. The Morgan fingerprint density at radius 2 is 2.11 bits per heavy atom. The summed E-state index contributed by atoms with van der Waals surface area (Å²) in [6.45, 7) is 0. The van der Waals surface area contributed by atoms with E-state index in [9.17, 15) is 0 Å². The topological polar surface area (TPSA) is 0 Å². The lowest BCUT2D eigenvalue weighted by molar-refractivity contribution is 0.180. The van der Waals surface area contributed by atoms with Crippen molar-refractivity contribution in [1.29, 1.82) is 0 Å². The third-order valence-corrected chi connectivity index (χ3v) is 3.62. The van der Waals surface area contributed by atoms with Crippen LogP contribution in [0.15, 0.2) is 12.2 Å². The lowest BCUT2D eigenvalue weighted by atomic mass is 9.68. The average Bonchev–Trinajstić information content (AvgIpc) is 2.30. The van der Waals surface area contributed by atoms with Crippen LogP contribution >= 0.6 is 0 Å². The van der Waals surface area contributed by atoms with Crippen LogP contribution in [0, 0.1) is 23.7 Å². The molecule has 0 amide bonds. The predicted octanol–water partition coefficient (Wildman–Crippen LogP) is 2.22. The van der Waals surface area contributed by atoms with Crippen molar-refractivity contribution in [2.45, 2.75) is 19.3 Å². The van der Waals surface area contributed by atoms with E-state index in [0.717, 1.165) is 23.7 Å². The first-order chi connectivity index (χ1) is 4.45. The van der Waals surface area contributed by atoms with Crippen LogP contribution in [0.5, 0.6) is 0 Å². The Balaban J connectivity index is 2.05. The smallest absolute Gasteiger partial charge is 0.0174 e. The minimum absolute atomic E-state index is 1.05. The fraction of sp³-hybridized carbons (Fsp3) is 0.778. The van der Waals surface area contributed by atoms with Crippen molar-refractivity contribution in [3.63, 3.8) is 0 Å². The second-order valence-electron chi connectivity index (χ2n) is 3.90. The van der Waals surface area contributed by atoms with Gasteiger partial charge in [-0.25, -0.2) is 0 Å². The zero-order valence-corrected chi connectivity index (χ0v) is 5.59. The van der Waals surface area contributed by atoms with Gasteiger partial charge in [0.15, 0.2) is 0 Å². The van der Waals surface area contributed by atoms with Gasteiger partial charge in [-0.05, 0) is 42.9 Å². The molecule has 3 fully saturated rings. The molecule has 0 heteroatoms. The van der Waals surface area contributed by atoms with Gasteiger partial charge in [-0.1, -0.05) is 12.2 Å². The zero-order valence-electron chi connectivity index (χ0n) is 5.59. The Labute approximate surface area is 56.0 Å². The summed E-state index contributed by atoms with van der Waals surface area (Å²) in [5.74, 6) is 4.42. The number of rotatable bonds is 0. The summed E-state index contributed by atoms with van der Waals surface area (Å²) >= 11 is 0. The summed E-state index contributed by atoms with van der Waals surface area (Å²) in [5.41, 5.74) is 0. The van der Waals surface area contributed by atoms with Crippen molar-refractivity contribution in [2.24, 2.45) is 23.7 Å². The highest BCUT2D eigenvalue weighted by atomic mass is 14.6. The van der Waals surface area contributed by atoms with E-state index in [1.807, 2.05) is 0 Å². The molecule has 0 radical (unpaired) electrons. The second-order valence-corrected chi connectivity index (χ2v) is 3.90. The maximum atomic E-state index is 2.47. The minimum atomic E-state index is 1.05. The summed E-state index contributed by atoms with van der Waals surface area (Å²) in [6.07, 6.45) is 9.41. The number of allylic oxidation sites excluding steroid dienone is 2. The van der Waals surface area contributed by atoms with Crippen LogP contribution in [0.25, 0.3) is 0 Å². The van der Waals surface area contributed by atoms with Crippen LogP contribution in [0.4, 0.5) is 0 Å². The van der Waals surface area contributed by atoms with Crippen molar-refractivity contribution in [2.75, 3.05) is 0 Å². The van der Waals surface area contributed by atoms with Gasteiger partial charge in [0.05, 0.1) is 0 Å². The van der Waals surface area contributed by atoms with Gasteiger partial charge in [0.1, 0.15) is 0 Å². The maximum absolute atomic E-state index is 2.47. The molecule has 0 nitrogen and oxygen atoms in total. The van der Waals surface area contributed by atoms with Gasteiger partial charge in [-0.2, -0.15) is 0 Å². The standard InChI is InChI=1S/C9H12/c1-2-6-4-7-5-9(6)8(7)3-1/h1,3,6-9H,2,4-5H2. The van der Waals surface area contributed by atoms with E-state index in [1.54, 1.807) is 12.8 Å². The normalized spacial score (nSPS) is 59.6. The van der Waals surface area contributed by atoms with Crippen LogP contribution in [0.2, 0.25) is 0 Å². The van der Waals surface area contributed by atoms with Gasteiger partial charge in [0.25, 0.3) is 0 Å². The number of hydrogen-bond donors (Lipinski definition) is 0. The molecule has 0 saturated heterocycles. The number of hydrogen-bond acceptors (Lipinski definition) is 0. The summed E-state index contributed by atoms with van der Waals surface area (Å²) in [4.78, 5) is 0. The van der Waals surface area contributed by atoms with Gasteiger partial charge in [-0.3, -0.25) is 0 Å². The van der Waals surface area contributed by atoms with Gasteiger partial charge in [0.2, 0.25) is 0 Å². The zero-order chi connectivity index (χ0) is 5.84. The van der Waals surface area contributed by atoms with Gasteiger partial charge in [-0.15, -0.1) is 0 Å². The predicted molar refractivity (Wildman–Crippen MR) is 37.0 cm³/mol. The molecule has 4 bridgehead atoms. The highest BCUT2D eigenvalue weighted by Gasteiger charge is 2.52. The van der Waals surface area contributed by atoms with E-state index in [0.29, 0.717) is 0 Å². The fourth-order valence-electron chi connectivity index (χ4n) is 3.12. The highest BCUT2D eigenvalue weighted by molar-refractivity contribution is 5.14. The lowest BCUT2D eigenvalue weighted by Crippen LogP contribution is -2.29. The molecule has 9 heavy (non-hydrogen) atoms. The van der Waals surface area contributed by atoms with Crippen LogP contribution in [0.3, 0.4) is 0 Å². The van der Waals surface area contributed by atoms with E-state index >= 15 is 0 Å². The second kappa shape index (κ2) is 1.25. The molecule has 3 saturated carbocycles. The molecule has 4 unspecified atom stereocenters. The third kappa shape index (κ3) is 0.385. The molecule has 4 atom stereocenters. The Kier molecular flexibility index (Phi) is 0.633.